The van der Waals surface area contributed by atoms with E-state index in [9.17, 15) is 0 Å². The molecule has 0 aromatic heterocycles. The maximum Gasteiger partial charge on any atom is 0.193 e. The summed E-state index contributed by atoms with van der Waals surface area (Å²) in [5, 5.41) is 3.86. The van der Waals surface area contributed by atoms with Gasteiger partial charge in [0, 0.05) is 16.8 Å². The van der Waals surface area contributed by atoms with Crippen molar-refractivity contribution in [2.75, 3.05) is 39.2 Å². The van der Waals surface area contributed by atoms with Crippen LogP contribution in [0.5, 0.6) is 11.5 Å². The number of guanidine groups is 1. The molecule has 28 heavy (non-hydrogen) atoms. The van der Waals surface area contributed by atoms with Gasteiger partial charge in [-0.3, -0.25) is 9.89 Å². The first kappa shape index (κ1) is 20.3. The third-order valence-corrected chi connectivity index (χ3v) is 5.14. The molecule has 1 heterocycles. The topological polar surface area (TPSA) is 72.1 Å². The van der Waals surface area contributed by atoms with Gasteiger partial charge >= 0.3 is 0 Å². The average molecular weight is 403 g/mol. The van der Waals surface area contributed by atoms with E-state index in [1.807, 2.05) is 36.4 Å². The number of nitrogens with one attached hydrogen (secondary N) is 1. The summed E-state index contributed by atoms with van der Waals surface area (Å²) in [6, 6.07) is 13.7. The third kappa shape index (κ3) is 5.09. The van der Waals surface area contributed by atoms with Crippen LogP contribution in [0.3, 0.4) is 0 Å². The summed E-state index contributed by atoms with van der Waals surface area (Å²) in [6.07, 6.45) is 2.42. The molecule has 3 N–H and O–H groups in total. The van der Waals surface area contributed by atoms with Crippen LogP contribution in [0.2, 0.25) is 5.02 Å². The summed E-state index contributed by atoms with van der Waals surface area (Å²) in [4.78, 5) is 7.04. The van der Waals surface area contributed by atoms with E-state index in [1.54, 1.807) is 14.2 Å². The zero-order valence-corrected chi connectivity index (χ0v) is 17.1. The SMILES string of the molecule is COc1ccc(NC(N)=NCC(c2cccc(Cl)c2)N2CCCC2)cc1OC. The Labute approximate surface area is 171 Å². The number of halogens is 1. The Balaban J connectivity index is 1.73. The van der Waals surface area contributed by atoms with E-state index in [-0.39, 0.29) is 6.04 Å². The molecule has 0 bridgehead atoms. The van der Waals surface area contributed by atoms with Crippen LogP contribution in [0.4, 0.5) is 5.69 Å². The molecule has 0 amide bonds. The van der Waals surface area contributed by atoms with Gasteiger partial charge in [0.05, 0.1) is 26.8 Å². The number of nitrogens with zero attached hydrogens (tertiary/aromatic N) is 2. The Kier molecular flexibility index (Phi) is 7.01. The minimum Gasteiger partial charge on any atom is -0.493 e. The number of anilines is 1. The molecule has 0 spiro atoms. The summed E-state index contributed by atoms with van der Waals surface area (Å²) in [7, 11) is 3.21. The van der Waals surface area contributed by atoms with Crippen molar-refractivity contribution in [3.8, 4) is 11.5 Å². The zero-order chi connectivity index (χ0) is 19.9. The smallest absolute Gasteiger partial charge is 0.193 e. The average Bonchev–Trinajstić information content (AvgIpc) is 3.22. The van der Waals surface area contributed by atoms with Crippen LogP contribution >= 0.6 is 11.6 Å². The van der Waals surface area contributed by atoms with E-state index in [0.717, 1.165) is 29.4 Å². The number of methoxy groups -OCH3 is 2. The summed E-state index contributed by atoms with van der Waals surface area (Å²) >= 11 is 6.21. The Morgan fingerprint density at radius 1 is 1.14 bits per heavy atom. The number of likely N-dealkylation sites (tertiary alicyclic amines) is 1. The molecule has 3 rings (SSSR count). The van der Waals surface area contributed by atoms with Crippen molar-refractivity contribution in [2.45, 2.75) is 18.9 Å². The second-order valence-corrected chi connectivity index (χ2v) is 7.17. The van der Waals surface area contributed by atoms with Gasteiger partial charge in [-0.15, -0.1) is 0 Å². The number of aliphatic imine (C=N–C) groups is 1. The van der Waals surface area contributed by atoms with Crippen LogP contribution in [0.1, 0.15) is 24.4 Å². The van der Waals surface area contributed by atoms with Crippen LogP contribution in [0.15, 0.2) is 47.5 Å². The lowest BCUT2D eigenvalue weighted by molar-refractivity contribution is 0.252. The van der Waals surface area contributed by atoms with Crippen LogP contribution < -0.4 is 20.5 Å². The maximum atomic E-state index is 6.21. The summed E-state index contributed by atoms with van der Waals surface area (Å²) in [5.41, 5.74) is 8.10. The number of rotatable bonds is 7. The highest BCUT2D eigenvalue weighted by atomic mass is 35.5. The van der Waals surface area contributed by atoms with E-state index >= 15 is 0 Å². The minimum atomic E-state index is 0.159. The molecule has 0 saturated carbocycles. The highest BCUT2D eigenvalue weighted by Gasteiger charge is 2.23. The number of hydrogen-bond acceptors (Lipinski definition) is 4. The largest absolute Gasteiger partial charge is 0.493 e. The first-order chi connectivity index (χ1) is 13.6. The van der Waals surface area contributed by atoms with Crippen LogP contribution in [0, 0.1) is 0 Å². The van der Waals surface area contributed by atoms with Gasteiger partial charge < -0.3 is 20.5 Å². The summed E-state index contributed by atoms with van der Waals surface area (Å²) in [5.74, 6) is 1.66. The van der Waals surface area contributed by atoms with Crippen molar-refractivity contribution in [1.29, 1.82) is 0 Å². The minimum absolute atomic E-state index is 0.159. The fraction of sp³-hybridized carbons (Fsp3) is 0.381. The van der Waals surface area contributed by atoms with Gasteiger partial charge in [0.2, 0.25) is 0 Å². The lowest BCUT2D eigenvalue weighted by Gasteiger charge is -2.27. The van der Waals surface area contributed by atoms with Gasteiger partial charge in [-0.05, 0) is 55.8 Å². The van der Waals surface area contributed by atoms with Gasteiger partial charge in [0.15, 0.2) is 17.5 Å². The van der Waals surface area contributed by atoms with Gasteiger partial charge in [0.1, 0.15) is 0 Å². The van der Waals surface area contributed by atoms with E-state index in [4.69, 9.17) is 26.8 Å². The van der Waals surface area contributed by atoms with E-state index in [2.05, 4.69) is 21.3 Å². The highest BCUT2D eigenvalue weighted by molar-refractivity contribution is 6.30. The van der Waals surface area contributed by atoms with E-state index in [0.29, 0.717) is 24.0 Å². The zero-order valence-electron chi connectivity index (χ0n) is 16.3. The number of nitrogens with two attached hydrogens (primary N) is 1. The van der Waals surface area contributed by atoms with Gasteiger partial charge in [-0.25, -0.2) is 0 Å². The molecule has 1 atom stereocenters. The van der Waals surface area contributed by atoms with Crippen molar-refractivity contribution >= 4 is 23.2 Å². The fourth-order valence-electron chi connectivity index (χ4n) is 3.49. The first-order valence-corrected chi connectivity index (χ1v) is 9.77. The van der Waals surface area contributed by atoms with Gasteiger partial charge in [-0.2, -0.15) is 0 Å². The van der Waals surface area contributed by atoms with Crippen molar-refractivity contribution in [1.82, 2.24) is 4.90 Å². The highest BCUT2D eigenvalue weighted by Crippen LogP contribution is 2.30. The first-order valence-electron chi connectivity index (χ1n) is 9.39. The predicted molar refractivity (Wildman–Crippen MR) is 115 cm³/mol. The lowest BCUT2D eigenvalue weighted by Crippen LogP contribution is -2.30. The van der Waals surface area contributed by atoms with Crippen molar-refractivity contribution in [3.63, 3.8) is 0 Å². The molecule has 1 saturated heterocycles. The summed E-state index contributed by atoms with van der Waals surface area (Å²) < 4.78 is 10.6. The molecule has 6 nitrogen and oxygen atoms in total. The number of benzene rings is 2. The quantitative estimate of drug-likeness (QED) is 0.542. The predicted octanol–water partition coefficient (Wildman–Crippen LogP) is 3.92. The van der Waals surface area contributed by atoms with Crippen molar-refractivity contribution in [2.24, 2.45) is 10.7 Å². The molecule has 1 unspecified atom stereocenters. The molecule has 2 aromatic carbocycles. The van der Waals surface area contributed by atoms with E-state index < -0.39 is 0 Å². The lowest BCUT2D eigenvalue weighted by atomic mass is 10.1. The Hall–Kier alpha value is -2.44. The normalized spacial score (nSPS) is 16.0. The molecule has 7 heteroatoms. The summed E-state index contributed by atoms with van der Waals surface area (Å²) in [6.45, 7) is 2.69. The van der Waals surface area contributed by atoms with E-state index in [1.165, 1.54) is 12.8 Å². The van der Waals surface area contributed by atoms with Crippen LogP contribution in [0.25, 0.3) is 0 Å². The molecule has 0 aliphatic carbocycles. The number of hydrogen-bond donors (Lipinski definition) is 2. The molecule has 0 radical (unpaired) electrons. The molecule has 1 aliphatic rings. The van der Waals surface area contributed by atoms with Crippen LogP contribution in [-0.2, 0) is 0 Å². The standard InChI is InChI=1S/C21H27ClN4O2/c1-27-19-9-8-17(13-20(19)28-2)25-21(23)24-14-18(26-10-3-4-11-26)15-6-5-7-16(22)12-15/h5-9,12-13,18H,3-4,10-11,14H2,1-2H3,(H3,23,24,25). The second-order valence-electron chi connectivity index (χ2n) is 6.73. The molecule has 150 valence electrons. The monoisotopic (exact) mass is 402 g/mol. The molecule has 1 aliphatic heterocycles. The van der Waals surface area contributed by atoms with Crippen molar-refractivity contribution < 1.29 is 9.47 Å². The van der Waals surface area contributed by atoms with Gasteiger partial charge in [0.25, 0.3) is 0 Å². The van der Waals surface area contributed by atoms with Crippen molar-refractivity contribution in [3.05, 3.63) is 53.1 Å². The van der Waals surface area contributed by atoms with Crippen LogP contribution in [-0.4, -0.2) is 44.7 Å². The third-order valence-electron chi connectivity index (χ3n) is 4.91. The Bertz CT molecular complexity index is 822. The molecule has 1 fully saturated rings. The van der Waals surface area contributed by atoms with Gasteiger partial charge in [-0.1, -0.05) is 23.7 Å². The molecular weight excluding hydrogens is 376 g/mol. The number of ether oxygens (including phenoxy) is 2. The Morgan fingerprint density at radius 3 is 2.57 bits per heavy atom. The molecular formula is C21H27ClN4O2. The second kappa shape index (κ2) is 9.66. The fourth-order valence-corrected chi connectivity index (χ4v) is 3.68. The Morgan fingerprint density at radius 2 is 1.89 bits per heavy atom. The maximum absolute atomic E-state index is 6.21. The molecule has 2 aromatic rings.